The Bertz CT molecular complexity index is 1000. The summed E-state index contributed by atoms with van der Waals surface area (Å²) in [4.78, 5) is 26.2. The van der Waals surface area contributed by atoms with Gasteiger partial charge in [-0.1, -0.05) is 40.2 Å². The van der Waals surface area contributed by atoms with Crippen molar-refractivity contribution < 1.29 is 14.6 Å². The summed E-state index contributed by atoms with van der Waals surface area (Å²) in [6, 6.07) is 5.34. The van der Waals surface area contributed by atoms with Crippen LogP contribution < -0.4 is 19.9 Å². The van der Waals surface area contributed by atoms with Gasteiger partial charge in [-0.3, -0.25) is 4.79 Å². The van der Waals surface area contributed by atoms with Gasteiger partial charge in [0.25, 0.3) is 0 Å². The molecule has 8 nitrogen and oxygen atoms in total. The highest BCUT2D eigenvalue weighted by molar-refractivity contribution is 6.04. The molecule has 1 aromatic carbocycles. The number of aliphatic hydroxyl groups is 1. The Hall–Kier alpha value is -3.29. The van der Waals surface area contributed by atoms with Crippen LogP contribution in [-0.4, -0.2) is 47.2 Å². The third kappa shape index (κ3) is 4.74. The standard InChI is InChI=1S/C23H29N5O3.C2H6/c1-5-18-22(30)27(3)19-13-24-23(26-21(19)28(18)16-8-6-7-9-16)25-17-11-10-15(14(2)29)12-20(17)31-4;1-2/h10-13,16,18,29H,2,5-9H2,1,3-4H3,(H,24,25,26);1-2H3. The van der Waals surface area contributed by atoms with Crippen molar-refractivity contribution in [3.8, 4) is 5.75 Å². The van der Waals surface area contributed by atoms with E-state index in [9.17, 15) is 9.90 Å². The lowest BCUT2D eigenvalue weighted by Crippen LogP contribution is -2.55. The highest BCUT2D eigenvalue weighted by Crippen LogP contribution is 2.40. The van der Waals surface area contributed by atoms with Gasteiger partial charge in [-0.2, -0.15) is 4.98 Å². The number of amides is 1. The average molecular weight is 454 g/mol. The smallest absolute Gasteiger partial charge is 0.249 e. The van der Waals surface area contributed by atoms with E-state index in [-0.39, 0.29) is 17.7 Å². The molecule has 1 aliphatic heterocycles. The van der Waals surface area contributed by atoms with Crippen molar-refractivity contribution in [1.82, 2.24) is 9.97 Å². The number of anilines is 4. The number of carbonyl (C=O) groups excluding carboxylic acids is 1. The molecule has 178 valence electrons. The molecule has 2 aromatic rings. The van der Waals surface area contributed by atoms with Gasteiger partial charge in [0, 0.05) is 18.7 Å². The molecule has 33 heavy (non-hydrogen) atoms. The van der Waals surface area contributed by atoms with Gasteiger partial charge < -0.3 is 25.0 Å². The maximum absolute atomic E-state index is 13.0. The van der Waals surface area contributed by atoms with Crippen LogP contribution in [0.4, 0.5) is 23.1 Å². The number of benzene rings is 1. The maximum Gasteiger partial charge on any atom is 0.249 e. The lowest BCUT2D eigenvalue weighted by molar-refractivity contribution is -0.120. The highest BCUT2D eigenvalue weighted by Gasteiger charge is 2.41. The maximum atomic E-state index is 13.0. The Morgan fingerprint density at radius 1 is 1.30 bits per heavy atom. The van der Waals surface area contributed by atoms with E-state index in [4.69, 9.17) is 9.72 Å². The van der Waals surface area contributed by atoms with E-state index < -0.39 is 0 Å². The molecule has 1 fully saturated rings. The van der Waals surface area contributed by atoms with Crippen LogP contribution >= 0.6 is 0 Å². The van der Waals surface area contributed by atoms with Crippen LogP contribution in [0.15, 0.2) is 31.0 Å². The Labute approximate surface area is 196 Å². The van der Waals surface area contributed by atoms with Crippen molar-refractivity contribution >= 4 is 34.8 Å². The predicted octanol–water partition coefficient (Wildman–Crippen LogP) is 5.29. The van der Waals surface area contributed by atoms with Crippen molar-refractivity contribution in [2.45, 2.75) is 65.0 Å². The van der Waals surface area contributed by atoms with Crippen molar-refractivity contribution in [2.75, 3.05) is 29.3 Å². The summed E-state index contributed by atoms with van der Waals surface area (Å²) < 4.78 is 5.46. The molecule has 0 spiro atoms. The lowest BCUT2D eigenvalue weighted by atomic mass is 10.0. The monoisotopic (exact) mass is 453 g/mol. The molecule has 2 heterocycles. The van der Waals surface area contributed by atoms with Crippen LogP contribution in [0.2, 0.25) is 0 Å². The molecule has 1 saturated carbocycles. The van der Waals surface area contributed by atoms with Crippen LogP contribution in [-0.2, 0) is 4.79 Å². The fourth-order valence-corrected chi connectivity index (χ4v) is 4.54. The number of aliphatic hydroxyl groups excluding tert-OH is 1. The van der Waals surface area contributed by atoms with E-state index >= 15 is 0 Å². The Morgan fingerprint density at radius 2 is 2.00 bits per heavy atom. The minimum Gasteiger partial charge on any atom is -0.508 e. The van der Waals surface area contributed by atoms with E-state index in [1.54, 1.807) is 43.5 Å². The predicted molar refractivity (Wildman–Crippen MR) is 134 cm³/mol. The van der Waals surface area contributed by atoms with Crippen LogP contribution in [0.1, 0.15) is 58.4 Å². The zero-order valence-electron chi connectivity index (χ0n) is 20.3. The van der Waals surface area contributed by atoms with Gasteiger partial charge >= 0.3 is 0 Å². The van der Waals surface area contributed by atoms with Gasteiger partial charge in [0.1, 0.15) is 23.2 Å². The first-order valence-electron chi connectivity index (χ1n) is 11.7. The molecule has 0 radical (unpaired) electrons. The van der Waals surface area contributed by atoms with Crippen LogP contribution in [0.25, 0.3) is 5.76 Å². The normalized spacial score (nSPS) is 17.8. The van der Waals surface area contributed by atoms with E-state index in [1.807, 2.05) is 20.8 Å². The van der Waals surface area contributed by atoms with E-state index in [1.165, 1.54) is 12.8 Å². The largest absolute Gasteiger partial charge is 0.508 e. The van der Waals surface area contributed by atoms with Crippen LogP contribution in [0.5, 0.6) is 5.75 Å². The molecule has 8 heteroatoms. The number of nitrogens with one attached hydrogen (secondary N) is 1. The number of hydrogen-bond acceptors (Lipinski definition) is 7. The summed E-state index contributed by atoms with van der Waals surface area (Å²) in [6.07, 6.45) is 6.92. The second kappa shape index (κ2) is 10.6. The zero-order valence-corrected chi connectivity index (χ0v) is 20.3. The number of likely N-dealkylation sites (N-methyl/N-ethyl adjacent to an activating group) is 1. The Kier molecular flexibility index (Phi) is 7.79. The third-order valence-electron chi connectivity index (χ3n) is 6.19. The molecule has 4 rings (SSSR count). The first kappa shape index (κ1) is 24.4. The van der Waals surface area contributed by atoms with Crippen molar-refractivity contribution in [3.63, 3.8) is 0 Å². The van der Waals surface area contributed by atoms with Gasteiger partial charge in [0.05, 0.1) is 19.0 Å². The van der Waals surface area contributed by atoms with E-state index in [0.29, 0.717) is 29.0 Å². The van der Waals surface area contributed by atoms with Gasteiger partial charge in [-0.05, 0) is 37.5 Å². The van der Waals surface area contributed by atoms with Gasteiger partial charge in [-0.25, -0.2) is 4.98 Å². The van der Waals surface area contributed by atoms with Gasteiger partial charge in [0.15, 0.2) is 5.82 Å². The van der Waals surface area contributed by atoms with Gasteiger partial charge in [-0.15, -0.1) is 0 Å². The fraction of sp³-hybridized carbons (Fsp3) is 0.480. The van der Waals surface area contributed by atoms with Gasteiger partial charge in [0.2, 0.25) is 11.9 Å². The molecule has 0 saturated heterocycles. The second-order valence-electron chi connectivity index (χ2n) is 8.06. The SMILES string of the molecule is C=C(O)c1ccc(Nc2ncc3c(n2)N(C2CCCC2)C(CC)C(=O)N3C)c(OC)c1.CC. The number of carbonyl (C=O) groups is 1. The minimum absolute atomic E-state index is 0.0274. The van der Waals surface area contributed by atoms with Crippen LogP contribution in [0, 0.1) is 0 Å². The number of ether oxygens (including phenoxy) is 1. The first-order valence-corrected chi connectivity index (χ1v) is 11.7. The number of rotatable bonds is 6. The summed E-state index contributed by atoms with van der Waals surface area (Å²) in [7, 11) is 3.35. The van der Waals surface area contributed by atoms with E-state index in [0.717, 1.165) is 30.8 Å². The molecule has 2 aliphatic rings. The van der Waals surface area contributed by atoms with E-state index in [2.05, 4.69) is 21.8 Å². The van der Waals surface area contributed by atoms with Crippen molar-refractivity contribution in [1.29, 1.82) is 0 Å². The molecular formula is C25H35N5O3. The number of nitrogens with zero attached hydrogens (tertiary/aromatic N) is 4. The quantitative estimate of drug-likeness (QED) is 0.575. The molecule has 2 N–H and O–H groups in total. The Morgan fingerprint density at radius 3 is 2.61 bits per heavy atom. The van der Waals surface area contributed by atoms with Crippen molar-refractivity contribution in [3.05, 3.63) is 36.5 Å². The highest BCUT2D eigenvalue weighted by atomic mass is 16.5. The minimum atomic E-state index is -0.215. The van der Waals surface area contributed by atoms with Crippen LogP contribution in [0.3, 0.4) is 0 Å². The molecule has 1 unspecified atom stereocenters. The summed E-state index contributed by atoms with van der Waals surface area (Å²) in [5, 5.41) is 12.9. The molecular weight excluding hydrogens is 418 g/mol. The molecule has 0 bridgehead atoms. The summed E-state index contributed by atoms with van der Waals surface area (Å²) >= 11 is 0. The fourth-order valence-electron chi connectivity index (χ4n) is 4.54. The first-order chi connectivity index (χ1) is 15.9. The zero-order chi connectivity index (χ0) is 24.1. The number of fused-ring (bicyclic) bond motifs is 1. The summed E-state index contributed by atoms with van der Waals surface area (Å²) in [6.45, 7) is 9.60. The van der Waals surface area contributed by atoms with Crippen molar-refractivity contribution in [2.24, 2.45) is 0 Å². The molecule has 1 amide bonds. The number of aromatic nitrogens is 2. The molecule has 1 atom stereocenters. The topological polar surface area (TPSA) is 90.8 Å². The summed E-state index contributed by atoms with van der Waals surface area (Å²) in [5.74, 6) is 1.82. The lowest BCUT2D eigenvalue weighted by Gasteiger charge is -2.43. The Balaban J connectivity index is 0.00000149. The summed E-state index contributed by atoms with van der Waals surface area (Å²) in [5.41, 5.74) is 1.98. The number of hydrogen-bond donors (Lipinski definition) is 2. The average Bonchev–Trinajstić information content (AvgIpc) is 3.37. The molecule has 1 aromatic heterocycles. The molecule has 1 aliphatic carbocycles. The third-order valence-corrected chi connectivity index (χ3v) is 6.19. The second-order valence-corrected chi connectivity index (χ2v) is 8.06. The number of methoxy groups -OCH3 is 1.